The molecule has 2 nitrogen and oxygen atoms in total. The smallest absolute Gasteiger partial charge is 0.0834 e. The van der Waals surface area contributed by atoms with Gasteiger partial charge in [-0.1, -0.05) is 6.92 Å². The maximum atomic E-state index is 4.74. The van der Waals surface area contributed by atoms with Crippen molar-refractivity contribution in [3.8, 4) is 0 Å². The van der Waals surface area contributed by atoms with Gasteiger partial charge in [-0.25, -0.2) is 0 Å². The molecule has 0 aliphatic heterocycles. The Morgan fingerprint density at radius 3 is 3.12 bits per heavy atom. The van der Waals surface area contributed by atoms with E-state index in [1.54, 1.807) is 11.3 Å². The number of pyridine rings is 1. The van der Waals surface area contributed by atoms with Crippen molar-refractivity contribution in [1.82, 2.24) is 4.98 Å². The molecule has 1 fully saturated rings. The monoisotopic (exact) mass is 232 g/mol. The van der Waals surface area contributed by atoms with Crippen molar-refractivity contribution >= 4 is 27.2 Å². The molecule has 0 unspecified atom stereocenters. The topological polar surface area (TPSA) is 24.9 Å². The third kappa shape index (κ3) is 1.80. The molecule has 0 amide bonds. The van der Waals surface area contributed by atoms with E-state index in [1.165, 1.54) is 28.9 Å². The molecule has 0 radical (unpaired) electrons. The lowest BCUT2D eigenvalue weighted by Crippen LogP contribution is -2.01. The third-order valence-corrected chi connectivity index (χ3v) is 3.93. The number of hydrogen-bond donors (Lipinski definition) is 1. The molecule has 3 rings (SSSR count). The second kappa shape index (κ2) is 4.06. The fourth-order valence-electron chi connectivity index (χ4n) is 1.96. The van der Waals surface area contributed by atoms with E-state index in [0.717, 1.165) is 24.4 Å². The largest absolute Gasteiger partial charge is 0.384 e. The van der Waals surface area contributed by atoms with Crippen LogP contribution in [0.2, 0.25) is 0 Å². The van der Waals surface area contributed by atoms with Gasteiger partial charge in [0.15, 0.2) is 0 Å². The van der Waals surface area contributed by atoms with Crippen LogP contribution in [0.5, 0.6) is 0 Å². The maximum absolute atomic E-state index is 4.74. The van der Waals surface area contributed by atoms with Crippen molar-refractivity contribution in [2.24, 2.45) is 0 Å². The molecule has 0 aromatic carbocycles. The standard InChI is InChI=1S/C13H16N2S/c1-2-6-14-12-8-11(9-3-4-9)15-10-5-7-16-13(10)12/h5,7-9H,2-4,6H2,1H3,(H,14,15). The highest BCUT2D eigenvalue weighted by molar-refractivity contribution is 7.17. The van der Waals surface area contributed by atoms with Gasteiger partial charge in [-0.3, -0.25) is 4.98 Å². The average Bonchev–Trinajstić information content (AvgIpc) is 3.04. The van der Waals surface area contributed by atoms with Crippen LogP contribution in [0.15, 0.2) is 17.5 Å². The molecule has 0 bridgehead atoms. The van der Waals surface area contributed by atoms with Gasteiger partial charge in [0, 0.05) is 18.2 Å². The molecule has 16 heavy (non-hydrogen) atoms. The second-order valence-electron chi connectivity index (χ2n) is 4.43. The minimum absolute atomic E-state index is 0.728. The van der Waals surface area contributed by atoms with E-state index in [2.05, 4.69) is 29.8 Å². The molecule has 1 saturated carbocycles. The number of rotatable bonds is 4. The van der Waals surface area contributed by atoms with Crippen molar-refractivity contribution < 1.29 is 0 Å². The lowest BCUT2D eigenvalue weighted by atomic mass is 10.2. The van der Waals surface area contributed by atoms with Gasteiger partial charge in [-0.05, 0) is 36.8 Å². The van der Waals surface area contributed by atoms with Gasteiger partial charge in [0.2, 0.25) is 0 Å². The first-order valence-corrected chi connectivity index (χ1v) is 6.88. The Hall–Kier alpha value is -1.09. The van der Waals surface area contributed by atoms with E-state index in [4.69, 9.17) is 4.98 Å². The number of thiophene rings is 1. The van der Waals surface area contributed by atoms with Crippen LogP contribution in [0.3, 0.4) is 0 Å². The third-order valence-electron chi connectivity index (χ3n) is 2.99. The number of nitrogens with one attached hydrogen (secondary N) is 1. The van der Waals surface area contributed by atoms with E-state index in [0.29, 0.717) is 0 Å². The summed E-state index contributed by atoms with van der Waals surface area (Å²) in [6, 6.07) is 4.38. The summed E-state index contributed by atoms with van der Waals surface area (Å²) >= 11 is 1.78. The Morgan fingerprint density at radius 1 is 1.50 bits per heavy atom. The van der Waals surface area contributed by atoms with E-state index >= 15 is 0 Å². The van der Waals surface area contributed by atoms with Crippen LogP contribution in [0.25, 0.3) is 10.2 Å². The molecule has 0 spiro atoms. The predicted octanol–water partition coefficient (Wildman–Crippen LogP) is 4.00. The van der Waals surface area contributed by atoms with Crippen LogP contribution in [-0.2, 0) is 0 Å². The molecule has 0 saturated heterocycles. The van der Waals surface area contributed by atoms with Gasteiger partial charge in [0.25, 0.3) is 0 Å². The molecule has 1 aliphatic rings. The summed E-state index contributed by atoms with van der Waals surface area (Å²) in [7, 11) is 0. The summed E-state index contributed by atoms with van der Waals surface area (Å²) in [5.41, 5.74) is 3.72. The lowest BCUT2D eigenvalue weighted by molar-refractivity contribution is 0.977. The summed E-state index contributed by atoms with van der Waals surface area (Å²) in [5, 5.41) is 5.65. The molecule has 2 aromatic heterocycles. The summed E-state index contributed by atoms with van der Waals surface area (Å²) in [5.74, 6) is 0.728. The van der Waals surface area contributed by atoms with Crippen molar-refractivity contribution in [2.75, 3.05) is 11.9 Å². The van der Waals surface area contributed by atoms with Gasteiger partial charge in [-0.15, -0.1) is 11.3 Å². The van der Waals surface area contributed by atoms with Crippen molar-refractivity contribution in [3.05, 3.63) is 23.2 Å². The van der Waals surface area contributed by atoms with Gasteiger partial charge in [-0.2, -0.15) is 0 Å². The van der Waals surface area contributed by atoms with Crippen LogP contribution in [0.4, 0.5) is 5.69 Å². The number of hydrogen-bond acceptors (Lipinski definition) is 3. The molecule has 2 aromatic rings. The van der Waals surface area contributed by atoms with Crippen molar-refractivity contribution in [3.63, 3.8) is 0 Å². The van der Waals surface area contributed by atoms with Crippen LogP contribution in [-0.4, -0.2) is 11.5 Å². The molecule has 3 heteroatoms. The van der Waals surface area contributed by atoms with Gasteiger partial charge in [0.1, 0.15) is 0 Å². The van der Waals surface area contributed by atoms with Gasteiger partial charge in [0.05, 0.1) is 15.9 Å². The first kappa shape index (κ1) is 10.1. The zero-order chi connectivity index (χ0) is 11.0. The minimum atomic E-state index is 0.728. The van der Waals surface area contributed by atoms with Gasteiger partial charge >= 0.3 is 0 Å². The van der Waals surface area contributed by atoms with E-state index in [1.807, 2.05) is 0 Å². The van der Waals surface area contributed by atoms with Crippen LogP contribution >= 0.6 is 11.3 Å². The maximum Gasteiger partial charge on any atom is 0.0834 e. The fraction of sp³-hybridized carbons (Fsp3) is 0.462. The quantitative estimate of drug-likeness (QED) is 0.862. The lowest BCUT2D eigenvalue weighted by Gasteiger charge is -2.08. The summed E-state index contributed by atoms with van der Waals surface area (Å²) < 4.78 is 1.30. The zero-order valence-electron chi connectivity index (χ0n) is 9.49. The number of aromatic nitrogens is 1. The summed E-state index contributed by atoms with van der Waals surface area (Å²) in [6.07, 6.45) is 3.79. The van der Waals surface area contributed by atoms with Crippen molar-refractivity contribution in [1.29, 1.82) is 0 Å². The zero-order valence-corrected chi connectivity index (χ0v) is 10.3. The van der Waals surface area contributed by atoms with Crippen LogP contribution < -0.4 is 5.32 Å². The van der Waals surface area contributed by atoms with Crippen LogP contribution in [0.1, 0.15) is 37.8 Å². The van der Waals surface area contributed by atoms with E-state index < -0.39 is 0 Å². The highest BCUT2D eigenvalue weighted by atomic mass is 32.1. The summed E-state index contributed by atoms with van der Waals surface area (Å²) in [4.78, 5) is 4.74. The molecular weight excluding hydrogens is 216 g/mol. The Bertz CT molecular complexity index is 500. The molecule has 0 atom stereocenters. The average molecular weight is 232 g/mol. The first-order valence-electron chi connectivity index (χ1n) is 6.00. The fourth-order valence-corrected chi connectivity index (χ4v) is 2.78. The second-order valence-corrected chi connectivity index (χ2v) is 5.35. The molecule has 84 valence electrons. The molecule has 2 heterocycles. The Kier molecular flexibility index (Phi) is 2.56. The Morgan fingerprint density at radius 2 is 2.38 bits per heavy atom. The van der Waals surface area contributed by atoms with E-state index in [-0.39, 0.29) is 0 Å². The molecular formula is C13H16N2S. The highest BCUT2D eigenvalue weighted by Crippen LogP contribution is 2.41. The predicted molar refractivity (Wildman–Crippen MR) is 70.4 cm³/mol. The SMILES string of the molecule is CCCNc1cc(C2CC2)nc2ccsc12. The molecule has 1 N–H and O–H groups in total. The molecule has 1 aliphatic carbocycles. The van der Waals surface area contributed by atoms with Gasteiger partial charge < -0.3 is 5.32 Å². The van der Waals surface area contributed by atoms with Crippen LogP contribution in [0, 0.1) is 0 Å². The van der Waals surface area contributed by atoms with Crippen molar-refractivity contribution in [2.45, 2.75) is 32.1 Å². The highest BCUT2D eigenvalue weighted by Gasteiger charge is 2.26. The minimum Gasteiger partial charge on any atom is -0.384 e. The van der Waals surface area contributed by atoms with E-state index in [9.17, 15) is 0 Å². The number of anilines is 1. The number of fused-ring (bicyclic) bond motifs is 1. The first-order chi connectivity index (χ1) is 7.88. The summed E-state index contributed by atoms with van der Waals surface area (Å²) in [6.45, 7) is 3.24. The Balaban J connectivity index is 2.03. The number of nitrogens with zero attached hydrogens (tertiary/aromatic N) is 1. The normalized spacial score (nSPS) is 15.6. The Labute approximate surface area is 99.7 Å².